The third-order valence-corrected chi connectivity index (χ3v) is 10.7. The smallest absolute Gasteiger partial charge is 0.342 e. The molecule has 4 aliphatic rings. The predicted molar refractivity (Wildman–Crippen MR) is 165 cm³/mol. The van der Waals surface area contributed by atoms with E-state index in [0.717, 1.165) is 76.9 Å². The molecule has 47 heavy (non-hydrogen) atoms. The number of piperazine rings is 1. The number of hydrogen-bond acceptors (Lipinski definition) is 4. The molecule has 12 heteroatoms. The number of nitrogens with zero attached hydrogens (tertiary/aromatic N) is 4. The lowest BCUT2D eigenvalue weighted by Gasteiger charge is -2.48. The van der Waals surface area contributed by atoms with Gasteiger partial charge in [-0.25, -0.2) is 0 Å². The lowest BCUT2D eigenvalue weighted by atomic mass is 9.84. The van der Waals surface area contributed by atoms with Gasteiger partial charge in [-0.15, -0.1) is 0 Å². The minimum Gasteiger partial charge on any atom is -0.342 e. The Morgan fingerprint density at radius 3 is 1.77 bits per heavy atom. The van der Waals surface area contributed by atoms with E-state index in [1.807, 2.05) is 35.2 Å². The Morgan fingerprint density at radius 1 is 0.681 bits per heavy atom. The van der Waals surface area contributed by atoms with Crippen LogP contribution in [0.25, 0.3) is 0 Å². The van der Waals surface area contributed by atoms with Crippen LogP contribution in [0.15, 0.2) is 48.5 Å². The number of amides is 2. The van der Waals surface area contributed by atoms with Crippen LogP contribution in [0, 0.1) is 5.92 Å². The zero-order valence-electron chi connectivity index (χ0n) is 26.4. The van der Waals surface area contributed by atoms with Gasteiger partial charge in [0.1, 0.15) is 0 Å². The molecule has 0 radical (unpaired) electrons. The summed E-state index contributed by atoms with van der Waals surface area (Å²) < 4.78 is 81.5. The first-order valence-electron chi connectivity index (χ1n) is 16.8. The van der Waals surface area contributed by atoms with Crippen LogP contribution in [0.3, 0.4) is 0 Å². The van der Waals surface area contributed by atoms with Crippen molar-refractivity contribution in [1.29, 1.82) is 0 Å². The van der Waals surface area contributed by atoms with Gasteiger partial charge in [0, 0.05) is 75.4 Å². The highest BCUT2D eigenvalue weighted by Crippen LogP contribution is 2.37. The summed E-state index contributed by atoms with van der Waals surface area (Å²) in [5.74, 6) is -0.263. The number of piperidine rings is 2. The van der Waals surface area contributed by atoms with E-state index < -0.39 is 35.0 Å². The van der Waals surface area contributed by atoms with Gasteiger partial charge in [-0.1, -0.05) is 36.8 Å². The van der Waals surface area contributed by atoms with Gasteiger partial charge < -0.3 is 9.80 Å². The molecule has 0 N–H and O–H groups in total. The minimum absolute atomic E-state index is 0.0578. The molecule has 1 saturated carbocycles. The molecule has 1 aliphatic carbocycles. The molecule has 0 aromatic heterocycles. The summed E-state index contributed by atoms with van der Waals surface area (Å²) in [6.07, 6.45) is -3.30. The van der Waals surface area contributed by atoms with E-state index in [9.17, 15) is 35.9 Å². The van der Waals surface area contributed by atoms with Crippen LogP contribution in [0.2, 0.25) is 0 Å². The summed E-state index contributed by atoms with van der Waals surface area (Å²) in [6, 6.07) is 10.8. The second-order valence-electron chi connectivity index (χ2n) is 13.6. The average molecular weight is 665 g/mol. The zero-order chi connectivity index (χ0) is 33.3. The number of carbonyl (C=O) groups excluding carboxylic acids is 2. The van der Waals surface area contributed by atoms with E-state index in [0.29, 0.717) is 43.3 Å². The predicted octanol–water partition coefficient (Wildman–Crippen LogP) is 6.35. The first-order chi connectivity index (χ1) is 22.4. The van der Waals surface area contributed by atoms with Gasteiger partial charge in [0.25, 0.3) is 5.91 Å². The molecule has 2 aromatic carbocycles. The molecular weight excluding hydrogens is 622 g/mol. The quantitative estimate of drug-likeness (QED) is 0.338. The molecule has 6 rings (SSSR count). The van der Waals surface area contributed by atoms with Crippen LogP contribution in [-0.4, -0.2) is 95.4 Å². The monoisotopic (exact) mass is 664 g/mol. The Morgan fingerprint density at radius 2 is 1.23 bits per heavy atom. The summed E-state index contributed by atoms with van der Waals surface area (Å²) >= 11 is 0. The summed E-state index contributed by atoms with van der Waals surface area (Å²) in [7, 11) is 0. The van der Waals surface area contributed by atoms with Gasteiger partial charge in [-0.2, -0.15) is 26.3 Å². The molecule has 0 spiro atoms. The maximum Gasteiger partial charge on any atom is 0.416 e. The van der Waals surface area contributed by atoms with E-state index in [4.69, 9.17) is 0 Å². The van der Waals surface area contributed by atoms with Gasteiger partial charge in [0.15, 0.2) is 0 Å². The Kier molecular flexibility index (Phi) is 9.90. The summed E-state index contributed by atoms with van der Waals surface area (Å²) in [5.41, 5.74) is -2.63. The fraction of sp³-hybridized carbons (Fsp3) is 0.600. The van der Waals surface area contributed by atoms with Crippen LogP contribution < -0.4 is 0 Å². The maximum absolute atomic E-state index is 13.7. The van der Waals surface area contributed by atoms with Crippen LogP contribution in [-0.2, 0) is 23.6 Å². The van der Waals surface area contributed by atoms with Crippen LogP contribution in [0.5, 0.6) is 0 Å². The molecule has 2 aromatic rings. The zero-order valence-corrected chi connectivity index (χ0v) is 26.4. The van der Waals surface area contributed by atoms with Gasteiger partial charge in [0.2, 0.25) is 5.91 Å². The highest BCUT2D eigenvalue weighted by molar-refractivity contribution is 5.95. The second-order valence-corrected chi connectivity index (χ2v) is 13.6. The average Bonchev–Trinajstić information content (AvgIpc) is 3.03. The molecule has 0 bridgehead atoms. The first-order valence-corrected chi connectivity index (χ1v) is 16.8. The Balaban J connectivity index is 1.12. The van der Waals surface area contributed by atoms with Crippen LogP contribution >= 0.6 is 0 Å². The van der Waals surface area contributed by atoms with Crippen LogP contribution in [0.1, 0.15) is 72.0 Å². The fourth-order valence-corrected chi connectivity index (χ4v) is 7.79. The van der Waals surface area contributed by atoms with Crippen molar-refractivity contribution in [2.45, 2.75) is 81.8 Å². The molecule has 3 saturated heterocycles. The first kappa shape index (κ1) is 33.8. The molecule has 4 fully saturated rings. The van der Waals surface area contributed by atoms with Crippen molar-refractivity contribution in [1.82, 2.24) is 19.6 Å². The van der Waals surface area contributed by atoms with E-state index in [-0.39, 0.29) is 30.6 Å². The van der Waals surface area contributed by atoms with Gasteiger partial charge in [-0.3, -0.25) is 19.4 Å². The molecule has 3 heterocycles. The van der Waals surface area contributed by atoms with Crippen LogP contribution in [0.4, 0.5) is 26.3 Å². The van der Waals surface area contributed by atoms with Crippen molar-refractivity contribution in [2.24, 2.45) is 5.92 Å². The molecule has 3 aliphatic heterocycles. The number of carbonyl (C=O) groups is 2. The number of rotatable bonds is 6. The Labute approximate surface area is 271 Å². The number of likely N-dealkylation sites (tertiary alicyclic amines) is 2. The summed E-state index contributed by atoms with van der Waals surface area (Å²) in [4.78, 5) is 34.9. The Hall–Kier alpha value is -3.12. The van der Waals surface area contributed by atoms with E-state index in [1.165, 1.54) is 4.90 Å². The van der Waals surface area contributed by atoms with Crippen molar-refractivity contribution >= 4 is 11.8 Å². The molecule has 256 valence electrons. The van der Waals surface area contributed by atoms with Gasteiger partial charge in [0.05, 0.1) is 11.1 Å². The number of halogens is 6. The van der Waals surface area contributed by atoms with Crippen molar-refractivity contribution in [2.75, 3.05) is 45.8 Å². The fourth-order valence-electron chi connectivity index (χ4n) is 7.79. The minimum atomic E-state index is -5.03. The molecule has 2 amide bonds. The molecule has 2 unspecified atom stereocenters. The number of alkyl halides is 6. The highest BCUT2D eigenvalue weighted by Gasteiger charge is 2.41. The normalized spacial score (nSPS) is 24.3. The highest BCUT2D eigenvalue weighted by atomic mass is 19.4. The lowest BCUT2D eigenvalue weighted by Crippen LogP contribution is -2.59. The second kappa shape index (κ2) is 13.8. The number of benzene rings is 2. The van der Waals surface area contributed by atoms with E-state index >= 15 is 0 Å². The van der Waals surface area contributed by atoms with Gasteiger partial charge >= 0.3 is 12.4 Å². The summed E-state index contributed by atoms with van der Waals surface area (Å²) in [5, 5.41) is 0. The lowest BCUT2D eigenvalue weighted by molar-refractivity contribution is -0.143. The largest absolute Gasteiger partial charge is 0.416 e. The molecule has 6 nitrogen and oxygen atoms in total. The topological polar surface area (TPSA) is 47.1 Å². The summed E-state index contributed by atoms with van der Waals surface area (Å²) in [6.45, 7) is 5.35. The molecular formula is C35H42F6N4O2. The van der Waals surface area contributed by atoms with Crippen molar-refractivity contribution in [3.63, 3.8) is 0 Å². The van der Waals surface area contributed by atoms with E-state index in [1.54, 1.807) is 0 Å². The standard InChI is InChI=1S/C35H42F6N4O2/c36-34(37,38)27-20-26(21-28(22-27)35(39,40)41)33(47)45-14-11-30(23-31(45)19-24-5-2-1-3-6-24)43-17-15-42(16-18-43)29-9-12-44(13-10-29)32(46)25-7-4-8-25/h1-3,5-6,20-22,25,29-31H,4,7-19,23H2. The van der Waals surface area contributed by atoms with Crippen molar-refractivity contribution < 1.29 is 35.9 Å². The van der Waals surface area contributed by atoms with Crippen molar-refractivity contribution in [3.8, 4) is 0 Å². The van der Waals surface area contributed by atoms with E-state index in [2.05, 4.69) is 9.80 Å². The third-order valence-electron chi connectivity index (χ3n) is 10.7. The molecule has 2 atom stereocenters. The maximum atomic E-state index is 13.7. The number of hydrogen-bond donors (Lipinski definition) is 0. The van der Waals surface area contributed by atoms with Crippen molar-refractivity contribution in [3.05, 3.63) is 70.8 Å². The van der Waals surface area contributed by atoms with Gasteiger partial charge in [-0.05, 0) is 68.7 Å². The Bertz CT molecular complexity index is 1360. The third kappa shape index (κ3) is 7.80. The SMILES string of the molecule is O=C(C1CCC1)N1CCC(N2CCN(C3CCN(C(=O)c4cc(C(F)(F)F)cc(C(F)(F)F)c4)C(Cc4ccccc4)C3)CC2)CC1.